The molecule has 1 aromatic rings. The first kappa shape index (κ1) is 10.6. The van der Waals surface area contributed by atoms with E-state index in [9.17, 15) is 5.11 Å². The molecular formula is C10H17N3O2. The van der Waals surface area contributed by atoms with Crippen LogP contribution in [0.1, 0.15) is 18.2 Å². The van der Waals surface area contributed by atoms with Gasteiger partial charge >= 0.3 is 0 Å². The highest BCUT2D eigenvalue weighted by atomic mass is 16.5. The number of aliphatic hydroxyl groups excluding tert-OH is 1. The molecule has 0 radical (unpaired) electrons. The lowest BCUT2D eigenvalue weighted by Gasteiger charge is -2.27. The van der Waals surface area contributed by atoms with Gasteiger partial charge in [-0.3, -0.25) is 10.00 Å². The summed E-state index contributed by atoms with van der Waals surface area (Å²) in [7, 11) is 0. The molecule has 84 valence electrons. The molecule has 1 fully saturated rings. The maximum atomic E-state index is 9.80. The second kappa shape index (κ2) is 5.25. The topological polar surface area (TPSA) is 61.4 Å². The summed E-state index contributed by atoms with van der Waals surface area (Å²) >= 11 is 0. The summed E-state index contributed by atoms with van der Waals surface area (Å²) in [6.07, 6.45) is 2.00. The van der Waals surface area contributed by atoms with Crippen LogP contribution in [-0.2, 0) is 4.74 Å². The van der Waals surface area contributed by atoms with Crippen LogP contribution in [0.25, 0.3) is 0 Å². The number of nitrogens with zero attached hydrogens (tertiary/aromatic N) is 2. The molecule has 0 spiro atoms. The summed E-state index contributed by atoms with van der Waals surface area (Å²) < 4.78 is 5.26. The van der Waals surface area contributed by atoms with Crippen molar-refractivity contribution in [2.45, 2.75) is 12.5 Å². The molecule has 1 aliphatic heterocycles. The zero-order valence-corrected chi connectivity index (χ0v) is 8.72. The van der Waals surface area contributed by atoms with Gasteiger partial charge < -0.3 is 9.84 Å². The minimum absolute atomic E-state index is 0.459. The Labute approximate surface area is 89.0 Å². The molecule has 0 bridgehead atoms. The van der Waals surface area contributed by atoms with E-state index in [1.165, 1.54) is 0 Å². The predicted octanol–water partition coefficient (Wildman–Crippen LogP) is 0.165. The van der Waals surface area contributed by atoms with Crippen molar-refractivity contribution in [2.75, 3.05) is 32.8 Å². The number of rotatable bonds is 4. The van der Waals surface area contributed by atoms with Crippen molar-refractivity contribution in [3.05, 3.63) is 18.0 Å². The lowest BCUT2D eigenvalue weighted by atomic mass is 10.2. The summed E-state index contributed by atoms with van der Waals surface area (Å²) in [5, 5.41) is 16.5. The number of nitrogens with one attached hydrogen (secondary N) is 1. The molecular weight excluding hydrogens is 194 g/mol. The lowest BCUT2D eigenvalue weighted by Crippen LogP contribution is -2.37. The fourth-order valence-electron chi connectivity index (χ4n) is 1.73. The Kier molecular flexibility index (Phi) is 3.71. The van der Waals surface area contributed by atoms with E-state index < -0.39 is 6.10 Å². The Morgan fingerprint density at radius 3 is 3.00 bits per heavy atom. The second-order valence-electron chi connectivity index (χ2n) is 3.76. The van der Waals surface area contributed by atoms with Crippen molar-refractivity contribution in [1.82, 2.24) is 15.1 Å². The van der Waals surface area contributed by atoms with E-state index in [-0.39, 0.29) is 0 Å². The van der Waals surface area contributed by atoms with E-state index in [0.29, 0.717) is 0 Å². The molecule has 1 atom stereocenters. The minimum atomic E-state index is -0.459. The molecule has 2 N–H and O–H groups in total. The molecule has 1 saturated heterocycles. The van der Waals surface area contributed by atoms with Crippen LogP contribution >= 0.6 is 0 Å². The van der Waals surface area contributed by atoms with E-state index in [1.807, 2.05) is 6.07 Å². The van der Waals surface area contributed by atoms with Crippen molar-refractivity contribution in [1.29, 1.82) is 0 Å². The highest BCUT2D eigenvalue weighted by molar-refractivity contribution is 5.01. The summed E-state index contributed by atoms with van der Waals surface area (Å²) in [5.41, 5.74) is 0.725. The van der Waals surface area contributed by atoms with Crippen molar-refractivity contribution in [3.63, 3.8) is 0 Å². The van der Waals surface area contributed by atoms with E-state index in [4.69, 9.17) is 4.74 Å². The van der Waals surface area contributed by atoms with Crippen molar-refractivity contribution >= 4 is 0 Å². The van der Waals surface area contributed by atoms with Gasteiger partial charge in [-0.05, 0) is 12.5 Å². The molecule has 1 aliphatic rings. The van der Waals surface area contributed by atoms with Crippen LogP contribution < -0.4 is 0 Å². The normalized spacial score (nSPS) is 20.3. The number of aromatic amines is 1. The van der Waals surface area contributed by atoms with Gasteiger partial charge in [-0.25, -0.2) is 0 Å². The third-order valence-electron chi connectivity index (χ3n) is 2.69. The van der Waals surface area contributed by atoms with Crippen LogP contribution in [-0.4, -0.2) is 53.1 Å². The molecule has 0 amide bonds. The molecule has 0 aromatic carbocycles. The van der Waals surface area contributed by atoms with Gasteiger partial charge in [-0.2, -0.15) is 5.10 Å². The van der Waals surface area contributed by atoms with Crippen LogP contribution in [0.5, 0.6) is 0 Å². The average molecular weight is 211 g/mol. The number of hydrogen-bond donors (Lipinski definition) is 2. The first-order valence-corrected chi connectivity index (χ1v) is 5.34. The molecule has 15 heavy (non-hydrogen) atoms. The Hall–Kier alpha value is -0.910. The molecule has 2 heterocycles. The second-order valence-corrected chi connectivity index (χ2v) is 3.76. The van der Waals surface area contributed by atoms with Gasteiger partial charge in [-0.1, -0.05) is 0 Å². The van der Waals surface area contributed by atoms with Crippen LogP contribution in [0.3, 0.4) is 0 Å². The molecule has 1 aromatic heterocycles. The van der Waals surface area contributed by atoms with Crippen LogP contribution in [0.15, 0.2) is 12.3 Å². The molecule has 5 heteroatoms. The van der Waals surface area contributed by atoms with Crippen LogP contribution in [0, 0.1) is 0 Å². The Morgan fingerprint density at radius 2 is 2.33 bits per heavy atom. The number of aliphatic hydroxyl groups is 1. The number of morpholine rings is 1. The van der Waals surface area contributed by atoms with Gasteiger partial charge in [0.1, 0.15) is 0 Å². The fraction of sp³-hybridized carbons (Fsp3) is 0.700. The van der Waals surface area contributed by atoms with Gasteiger partial charge in [0.05, 0.1) is 25.0 Å². The third kappa shape index (κ3) is 3.02. The van der Waals surface area contributed by atoms with E-state index in [2.05, 4.69) is 15.1 Å². The fourth-order valence-corrected chi connectivity index (χ4v) is 1.73. The molecule has 0 saturated carbocycles. The maximum Gasteiger partial charge on any atom is 0.0990 e. The van der Waals surface area contributed by atoms with Crippen LogP contribution in [0.2, 0.25) is 0 Å². The van der Waals surface area contributed by atoms with E-state index >= 15 is 0 Å². The summed E-state index contributed by atoms with van der Waals surface area (Å²) in [6.45, 7) is 4.44. The van der Waals surface area contributed by atoms with Gasteiger partial charge in [0.2, 0.25) is 0 Å². The first-order valence-electron chi connectivity index (χ1n) is 5.34. The molecule has 5 nitrogen and oxygen atoms in total. The number of aromatic nitrogens is 2. The summed E-state index contributed by atoms with van der Waals surface area (Å²) in [4.78, 5) is 2.30. The number of hydrogen-bond acceptors (Lipinski definition) is 4. The standard InChI is InChI=1S/C10H17N3O2/c14-10(9-1-3-11-12-9)2-4-13-5-7-15-8-6-13/h1,3,10,14H,2,4-8H2,(H,11,12). The predicted molar refractivity (Wildman–Crippen MR) is 55.4 cm³/mol. The monoisotopic (exact) mass is 211 g/mol. The Bertz CT molecular complexity index is 270. The zero-order valence-electron chi connectivity index (χ0n) is 8.72. The third-order valence-corrected chi connectivity index (χ3v) is 2.69. The van der Waals surface area contributed by atoms with Gasteiger partial charge in [-0.15, -0.1) is 0 Å². The smallest absolute Gasteiger partial charge is 0.0990 e. The summed E-state index contributed by atoms with van der Waals surface area (Å²) in [6, 6.07) is 1.81. The minimum Gasteiger partial charge on any atom is -0.387 e. The summed E-state index contributed by atoms with van der Waals surface area (Å²) in [5.74, 6) is 0. The van der Waals surface area contributed by atoms with Gasteiger partial charge in [0.25, 0.3) is 0 Å². The SMILES string of the molecule is OC(CCN1CCOCC1)c1cc[nH]n1. The number of H-pyrrole nitrogens is 1. The first-order chi connectivity index (χ1) is 7.36. The Morgan fingerprint density at radius 1 is 1.53 bits per heavy atom. The largest absolute Gasteiger partial charge is 0.387 e. The van der Waals surface area contributed by atoms with Crippen molar-refractivity contribution in [2.24, 2.45) is 0 Å². The lowest BCUT2D eigenvalue weighted by molar-refractivity contribution is 0.0297. The average Bonchev–Trinajstić information content (AvgIpc) is 2.81. The van der Waals surface area contributed by atoms with E-state index in [1.54, 1.807) is 6.20 Å². The highest BCUT2D eigenvalue weighted by Gasteiger charge is 2.14. The molecule has 2 rings (SSSR count). The quantitative estimate of drug-likeness (QED) is 0.745. The van der Waals surface area contributed by atoms with Crippen LogP contribution in [0.4, 0.5) is 0 Å². The zero-order chi connectivity index (χ0) is 10.5. The molecule has 1 unspecified atom stereocenters. The van der Waals surface area contributed by atoms with Crippen molar-refractivity contribution < 1.29 is 9.84 Å². The van der Waals surface area contributed by atoms with Gasteiger partial charge in [0, 0.05) is 25.8 Å². The van der Waals surface area contributed by atoms with E-state index in [0.717, 1.165) is 45.0 Å². The maximum absolute atomic E-state index is 9.80. The van der Waals surface area contributed by atoms with Gasteiger partial charge in [0.15, 0.2) is 0 Å². The van der Waals surface area contributed by atoms with Crippen molar-refractivity contribution in [3.8, 4) is 0 Å². The highest BCUT2D eigenvalue weighted by Crippen LogP contribution is 2.13. The number of ether oxygens (including phenoxy) is 1. The Balaban J connectivity index is 1.73. The molecule has 0 aliphatic carbocycles.